The Kier molecular flexibility index (Phi) is 6.64. The van der Waals surface area contributed by atoms with Crippen LogP contribution < -0.4 is 20.1 Å². The Hall–Kier alpha value is -3.02. The zero-order valence-corrected chi connectivity index (χ0v) is 13.5. The van der Waals surface area contributed by atoms with Gasteiger partial charge in [-0.15, -0.1) is 0 Å². The van der Waals surface area contributed by atoms with Gasteiger partial charge in [0.2, 0.25) is 5.91 Å². The molecule has 2 aromatic rings. The summed E-state index contributed by atoms with van der Waals surface area (Å²) in [5, 5.41) is 5.19. The first-order chi connectivity index (χ1) is 11.7. The summed E-state index contributed by atoms with van der Waals surface area (Å²) in [5.41, 5.74) is 0.637. The Morgan fingerprint density at radius 1 is 0.875 bits per heavy atom. The predicted octanol–water partition coefficient (Wildman–Crippen LogP) is 2.22. The van der Waals surface area contributed by atoms with Gasteiger partial charge in [-0.1, -0.05) is 18.2 Å². The molecular weight excluding hydrogens is 308 g/mol. The molecule has 0 aromatic heterocycles. The summed E-state index contributed by atoms with van der Waals surface area (Å²) in [6.45, 7) is 2.23. The van der Waals surface area contributed by atoms with Crippen LogP contribution in [-0.2, 0) is 9.59 Å². The summed E-state index contributed by atoms with van der Waals surface area (Å²) in [6.07, 6.45) is 0. The molecular formula is C18H20N2O4. The first-order valence-electron chi connectivity index (χ1n) is 7.64. The quantitative estimate of drug-likeness (QED) is 0.779. The second-order valence-electron chi connectivity index (χ2n) is 4.88. The number of anilines is 1. The highest BCUT2D eigenvalue weighted by Gasteiger charge is 2.07. The molecule has 0 radical (unpaired) electrons. The summed E-state index contributed by atoms with van der Waals surface area (Å²) in [7, 11) is 0. The zero-order chi connectivity index (χ0) is 17.2. The lowest BCUT2D eigenvalue weighted by Crippen LogP contribution is -2.35. The summed E-state index contributed by atoms with van der Waals surface area (Å²) < 4.78 is 10.6. The van der Waals surface area contributed by atoms with Gasteiger partial charge in [0.1, 0.15) is 11.5 Å². The first kappa shape index (κ1) is 17.3. The molecule has 2 N–H and O–H groups in total. The molecule has 0 aliphatic rings. The lowest BCUT2D eigenvalue weighted by molar-refractivity contribution is -0.125. The van der Waals surface area contributed by atoms with E-state index in [1.54, 1.807) is 36.4 Å². The smallest absolute Gasteiger partial charge is 0.258 e. The molecule has 6 nitrogen and oxygen atoms in total. The van der Waals surface area contributed by atoms with Crippen LogP contribution in [0.1, 0.15) is 6.92 Å². The molecule has 24 heavy (non-hydrogen) atoms. The van der Waals surface area contributed by atoms with Gasteiger partial charge in [-0.2, -0.15) is 0 Å². The number of rotatable bonds is 8. The highest BCUT2D eigenvalue weighted by molar-refractivity contribution is 5.94. The molecule has 0 aliphatic carbocycles. The molecule has 0 fully saturated rings. The third-order valence-corrected chi connectivity index (χ3v) is 3.01. The largest absolute Gasteiger partial charge is 0.494 e. The summed E-state index contributed by atoms with van der Waals surface area (Å²) in [4.78, 5) is 23.5. The average Bonchev–Trinajstić information content (AvgIpc) is 2.61. The van der Waals surface area contributed by atoms with E-state index in [0.29, 0.717) is 18.0 Å². The number of hydrogen-bond donors (Lipinski definition) is 2. The lowest BCUT2D eigenvalue weighted by Gasteiger charge is -2.09. The third-order valence-electron chi connectivity index (χ3n) is 3.01. The molecule has 0 saturated carbocycles. The van der Waals surface area contributed by atoms with Crippen LogP contribution in [0, 0.1) is 0 Å². The van der Waals surface area contributed by atoms with Crippen molar-refractivity contribution in [1.29, 1.82) is 0 Å². The maximum atomic E-state index is 11.8. The van der Waals surface area contributed by atoms with Crippen LogP contribution in [0.15, 0.2) is 54.6 Å². The second kappa shape index (κ2) is 9.19. The first-order valence-corrected chi connectivity index (χ1v) is 7.64. The van der Waals surface area contributed by atoms with Crippen molar-refractivity contribution >= 4 is 17.5 Å². The number of para-hydroxylation sites is 1. The third kappa shape index (κ3) is 6.00. The van der Waals surface area contributed by atoms with E-state index in [0.717, 1.165) is 5.75 Å². The molecule has 0 unspecified atom stereocenters. The van der Waals surface area contributed by atoms with Crippen LogP contribution in [0.25, 0.3) is 0 Å². The van der Waals surface area contributed by atoms with Gasteiger partial charge in [0, 0.05) is 5.69 Å². The minimum atomic E-state index is -0.360. The van der Waals surface area contributed by atoms with Crippen molar-refractivity contribution in [3.8, 4) is 11.5 Å². The number of ether oxygens (including phenoxy) is 2. The second-order valence-corrected chi connectivity index (χ2v) is 4.88. The standard InChI is InChI=1S/C18H20N2O4/c1-2-23-16-10-8-14(9-11-16)20-17(21)12-19-18(22)13-24-15-6-4-3-5-7-15/h3-11H,2,12-13H2,1H3,(H,19,22)(H,20,21). The normalized spacial score (nSPS) is 9.88. The Morgan fingerprint density at radius 3 is 2.21 bits per heavy atom. The average molecular weight is 328 g/mol. The van der Waals surface area contributed by atoms with Crippen molar-refractivity contribution in [2.75, 3.05) is 25.1 Å². The van der Waals surface area contributed by atoms with Gasteiger partial charge in [0.25, 0.3) is 5.91 Å². The fourth-order valence-corrected chi connectivity index (χ4v) is 1.90. The molecule has 0 heterocycles. The van der Waals surface area contributed by atoms with E-state index < -0.39 is 0 Å². The van der Waals surface area contributed by atoms with Crippen molar-refractivity contribution < 1.29 is 19.1 Å². The number of benzene rings is 2. The fraction of sp³-hybridized carbons (Fsp3) is 0.222. The van der Waals surface area contributed by atoms with Crippen LogP contribution in [-0.4, -0.2) is 31.6 Å². The van der Waals surface area contributed by atoms with Crippen LogP contribution >= 0.6 is 0 Å². The molecule has 0 bridgehead atoms. The van der Waals surface area contributed by atoms with Gasteiger partial charge >= 0.3 is 0 Å². The van der Waals surface area contributed by atoms with E-state index in [1.807, 2.05) is 25.1 Å². The number of carbonyl (C=O) groups is 2. The van der Waals surface area contributed by atoms with E-state index in [1.165, 1.54) is 0 Å². The van der Waals surface area contributed by atoms with Crippen molar-refractivity contribution in [2.45, 2.75) is 6.92 Å². The Morgan fingerprint density at radius 2 is 1.54 bits per heavy atom. The van der Waals surface area contributed by atoms with Gasteiger partial charge in [-0.05, 0) is 43.3 Å². The summed E-state index contributed by atoms with van der Waals surface area (Å²) >= 11 is 0. The molecule has 2 rings (SSSR count). The number of carbonyl (C=O) groups excluding carboxylic acids is 2. The maximum absolute atomic E-state index is 11.8. The van der Waals surface area contributed by atoms with Crippen LogP contribution in [0.3, 0.4) is 0 Å². The highest BCUT2D eigenvalue weighted by atomic mass is 16.5. The zero-order valence-electron chi connectivity index (χ0n) is 13.5. The lowest BCUT2D eigenvalue weighted by atomic mass is 10.3. The highest BCUT2D eigenvalue weighted by Crippen LogP contribution is 2.15. The molecule has 0 spiro atoms. The van der Waals surface area contributed by atoms with Crippen molar-refractivity contribution in [1.82, 2.24) is 5.32 Å². The molecule has 6 heteroatoms. The minimum Gasteiger partial charge on any atom is -0.494 e. The molecule has 2 aromatic carbocycles. The number of nitrogens with one attached hydrogen (secondary N) is 2. The van der Waals surface area contributed by atoms with Crippen LogP contribution in [0.2, 0.25) is 0 Å². The molecule has 0 saturated heterocycles. The van der Waals surface area contributed by atoms with Gasteiger partial charge in [0.05, 0.1) is 13.2 Å². The van der Waals surface area contributed by atoms with E-state index in [9.17, 15) is 9.59 Å². The van der Waals surface area contributed by atoms with E-state index in [-0.39, 0.29) is 25.0 Å². The van der Waals surface area contributed by atoms with E-state index in [4.69, 9.17) is 9.47 Å². The van der Waals surface area contributed by atoms with Gasteiger partial charge in [-0.3, -0.25) is 9.59 Å². The van der Waals surface area contributed by atoms with Crippen molar-refractivity contribution in [3.63, 3.8) is 0 Å². The molecule has 2 amide bonds. The van der Waals surface area contributed by atoms with Gasteiger partial charge < -0.3 is 20.1 Å². The van der Waals surface area contributed by atoms with Crippen LogP contribution in [0.4, 0.5) is 5.69 Å². The molecule has 0 atom stereocenters. The maximum Gasteiger partial charge on any atom is 0.258 e. The molecule has 126 valence electrons. The Bertz CT molecular complexity index is 656. The van der Waals surface area contributed by atoms with Crippen molar-refractivity contribution in [3.05, 3.63) is 54.6 Å². The Balaban J connectivity index is 1.69. The van der Waals surface area contributed by atoms with E-state index >= 15 is 0 Å². The number of hydrogen-bond acceptors (Lipinski definition) is 4. The monoisotopic (exact) mass is 328 g/mol. The predicted molar refractivity (Wildman–Crippen MR) is 91.2 cm³/mol. The fourth-order valence-electron chi connectivity index (χ4n) is 1.90. The van der Waals surface area contributed by atoms with E-state index in [2.05, 4.69) is 10.6 Å². The SMILES string of the molecule is CCOc1ccc(NC(=O)CNC(=O)COc2ccccc2)cc1. The minimum absolute atomic E-state index is 0.121. The van der Waals surface area contributed by atoms with Crippen LogP contribution in [0.5, 0.6) is 11.5 Å². The van der Waals surface area contributed by atoms with Crippen molar-refractivity contribution in [2.24, 2.45) is 0 Å². The summed E-state index contributed by atoms with van der Waals surface area (Å²) in [5.74, 6) is 0.668. The van der Waals surface area contributed by atoms with Gasteiger partial charge in [-0.25, -0.2) is 0 Å². The number of amides is 2. The van der Waals surface area contributed by atoms with Gasteiger partial charge in [0.15, 0.2) is 6.61 Å². The Labute approximate surface area is 140 Å². The topological polar surface area (TPSA) is 76.7 Å². The molecule has 0 aliphatic heterocycles. The summed E-state index contributed by atoms with van der Waals surface area (Å²) in [6, 6.07) is 16.0.